The van der Waals surface area contributed by atoms with Crippen LogP contribution < -0.4 is 15.4 Å². The average Bonchev–Trinajstić information content (AvgIpc) is 2.64. The molecule has 0 aliphatic heterocycles. The van der Waals surface area contributed by atoms with E-state index in [1.54, 1.807) is 24.3 Å². The fraction of sp³-hybridized carbons (Fsp3) is 0.316. The Kier molecular flexibility index (Phi) is 7.48. The topological polar surface area (TPSA) is 59.6 Å². The molecule has 0 aromatic heterocycles. The fourth-order valence-electron chi connectivity index (χ4n) is 2.19. The second-order valence-electron chi connectivity index (χ2n) is 5.55. The van der Waals surface area contributed by atoms with Gasteiger partial charge in [0.2, 0.25) is 5.91 Å². The minimum atomic E-state index is -4.42. The fourth-order valence-corrected chi connectivity index (χ4v) is 2.19. The molecule has 2 N–H and O–H groups in total. The number of nitrogens with one attached hydrogen (secondary N) is 2. The van der Waals surface area contributed by atoms with Crippen molar-refractivity contribution in [2.45, 2.75) is 13.1 Å². The van der Waals surface area contributed by atoms with E-state index in [9.17, 15) is 18.0 Å². The molecule has 0 saturated carbocycles. The molecule has 27 heavy (non-hydrogen) atoms. The molecule has 8 heteroatoms. The molecule has 1 amide bonds. The van der Waals surface area contributed by atoms with Gasteiger partial charge in [0.05, 0.1) is 18.7 Å². The largest absolute Gasteiger partial charge is 0.491 e. The number of halogens is 3. The molecule has 2 aromatic rings. The summed E-state index contributed by atoms with van der Waals surface area (Å²) in [6, 6.07) is 11.5. The molecular formula is C19H21F3N2O3. The molecule has 2 rings (SSSR count). The molecule has 146 valence electrons. The monoisotopic (exact) mass is 382 g/mol. The second kappa shape index (κ2) is 9.82. The van der Waals surface area contributed by atoms with Crippen molar-refractivity contribution in [3.05, 3.63) is 54.1 Å². The molecular weight excluding hydrogens is 361 g/mol. The van der Waals surface area contributed by atoms with Crippen molar-refractivity contribution in [1.29, 1.82) is 0 Å². The second-order valence-corrected chi connectivity index (χ2v) is 5.55. The first-order valence-corrected chi connectivity index (χ1v) is 8.40. The number of hydrogen-bond donors (Lipinski definition) is 2. The van der Waals surface area contributed by atoms with Crippen LogP contribution in [0, 0.1) is 0 Å². The van der Waals surface area contributed by atoms with E-state index in [-0.39, 0.29) is 18.1 Å². The first kappa shape index (κ1) is 20.6. The summed E-state index contributed by atoms with van der Waals surface area (Å²) >= 11 is 0. The van der Waals surface area contributed by atoms with Crippen LogP contribution in [0.2, 0.25) is 0 Å². The van der Waals surface area contributed by atoms with Gasteiger partial charge in [-0.3, -0.25) is 4.79 Å². The molecule has 2 aromatic carbocycles. The average molecular weight is 382 g/mol. The van der Waals surface area contributed by atoms with E-state index in [4.69, 9.17) is 9.47 Å². The lowest BCUT2D eigenvalue weighted by atomic mass is 10.2. The van der Waals surface area contributed by atoms with E-state index in [0.29, 0.717) is 31.3 Å². The van der Waals surface area contributed by atoms with Crippen LogP contribution in [0.25, 0.3) is 0 Å². The Balaban J connectivity index is 1.80. The van der Waals surface area contributed by atoms with Gasteiger partial charge in [-0.2, -0.15) is 13.2 Å². The van der Waals surface area contributed by atoms with Crippen molar-refractivity contribution in [2.75, 3.05) is 37.0 Å². The summed E-state index contributed by atoms with van der Waals surface area (Å²) in [6.45, 7) is 3.30. The third-order valence-electron chi connectivity index (χ3n) is 3.48. The third-order valence-corrected chi connectivity index (χ3v) is 3.48. The minimum Gasteiger partial charge on any atom is -0.491 e. The van der Waals surface area contributed by atoms with Crippen LogP contribution in [-0.4, -0.2) is 32.3 Å². The van der Waals surface area contributed by atoms with Gasteiger partial charge in [0.25, 0.3) is 0 Å². The molecule has 0 bridgehead atoms. The minimum absolute atomic E-state index is 0.159. The predicted molar refractivity (Wildman–Crippen MR) is 97.0 cm³/mol. The van der Waals surface area contributed by atoms with Crippen molar-refractivity contribution in [3.63, 3.8) is 0 Å². The van der Waals surface area contributed by atoms with Crippen molar-refractivity contribution in [3.8, 4) is 5.75 Å². The third kappa shape index (κ3) is 7.18. The molecule has 0 saturated heterocycles. The molecule has 0 atom stereocenters. The summed E-state index contributed by atoms with van der Waals surface area (Å²) in [5.74, 6) is 0.271. The van der Waals surface area contributed by atoms with Gasteiger partial charge < -0.3 is 20.1 Å². The van der Waals surface area contributed by atoms with Gasteiger partial charge in [-0.05, 0) is 49.4 Å². The lowest BCUT2D eigenvalue weighted by Crippen LogP contribution is -2.21. The quantitative estimate of drug-likeness (QED) is 0.639. The number of carbonyl (C=O) groups is 1. The number of rotatable bonds is 9. The van der Waals surface area contributed by atoms with Gasteiger partial charge in [0.15, 0.2) is 0 Å². The maximum atomic E-state index is 12.7. The van der Waals surface area contributed by atoms with Crippen LogP contribution >= 0.6 is 0 Å². The van der Waals surface area contributed by atoms with Crippen molar-refractivity contribution in [2.24, 2.45) is 0 Å². The SMILES string of the molecule is CCOCCOc1ccc(NC(=O)CNc2cccc(C(F)(F)F)c2)cc1. The lowest BCUT2D eigenvalue weighted by molar-refractivity contribution is -0.137. The Bertz CT molecular complexity index is 734. The highest BCUT2D eigenvalue weighted by Gasteiger charge is 2.30. The van der Waals surface area contributed by atoms with Gasteiger partial charge in [0, 0.05) is 18.0 Å². The Morgan fingerprint density at radius 2 is 1.78 bits per heavy atom. The number of hydrogen-bond acceptors (Lipinski definition) is 4. The number of ether oxygens (including phenoxy) is 2. The van der Waals surface area contributed by atoms with Crippen LogP contribution in [-0.2, 0) is 15.7 Å². The van der Waals surface area contributed by atoms with E-state index < -0.39 is 11.7 Å². The molecule has 0 fully saturated rings. The number of carbonyl (C=O) groups excluding carboxylic acids is 1. The summed E-state index contributed by atoms with van der Waals surface area (Å²) in [6.07, 6.45) is -4.42. The molecule has 0 aliphatic rings. The highest BCUT2D eigenvalue weighted by atomic mass is 19.4. The van der Waals surface area contributed by atoms with E-state index in [2.05, 4.69) is 10.6 Å². The van der Waals surface area contributed by atoms with Gasteiger partial charge in [-0.15, -0.1) is 0 Å². The first-order valence-electron chi connectivity index (χ1n) is 8.40. The van der Waals surface area contributed by atoms with E-state index >= 15 is 0 Å². The van der Waals surface area contributed by atoms with Crippen molar-refractivity contribution < 1.29 is 27.4 Å². The van der Waals surface area contributed by atoms with Gasteiger partial charge in [-0.1, -0.05) is 6.07 Å². The first-order chi connectivity index (χ1) is 12.9. The maximum absolute atomic E-state index is 12.7. The standard InChI is InChI=1S/C19H21F3N2O3/c1-2-26-10-11-27-17-8-6-15(7-9-17)24-18(25)13-23-16-5-3-4-14(12-16)19(20,21)22/h3-9,12,23H,2,10-11,13H2,1H3,(H,24,25). The highest BCUT2D eigenvalue weighted by Crippen LogP contribution is 2.30. The number of anilines is 2. The van der Waals surface area contributed by atoms with Gasteiger partial charge in [-0.25, -0.2) is 0 Å². The van der Waals surface area contributed by atoms with Crippen LogP contribution in [0.1, 0.15) is 12.5 Å². The zero-order chi connectivity index (χ0) is 19.7. The molecule has 5 nitrogen and oxygen atoms in total. The Labute approximate surface area is 155 Å². The Hall–Kier alpha value is -2.74. The van der Waals surface area contributed by atoms with Crippen LogP contribution in [0.3, 0.4) is 0 Å². The van der Waals surface area contributed by atoms with E-state index in [1.807, 2.05) is 6.92 Å². The predicted octanol–water partition coefficient (Wildman–Crippen LogP) is 4.17. The summed E-state index contributed by atoms with van der Waals surface area (Å²) < 4.78 is 48.7. The molecule has 0 radical (unpaired) electrons. The molecule has 0 unspecified atom stereocenters. The summed E-state index contributed by atoms with van der Waals surface area (Å²) in [4.78, 5) is 12.0. The zero-order valence-corrected chi connectivity index (χ0v) is 14.8. The normalized spacial score (nSPS) is 11.1. The zero-order valence-electron chi connectivity index (χ0n) is 14.8. The number of amides is 1. The van der Waals surface area contributed by atoms with Gasteiger partial charge in [0.1, 0.15) is 12.4 Å². The Morgan fingerprint density at radius 3 is 2.44 bits per heavy atom. The van der Waals surface area contributed by atoms with Crippen LogP contribution in [0.4, 0.5) is 24.5 Å². The molecule has 0 spiro atoms. The number of benzene rings is 2. The van der Waals surface area contributed by atoms with Gasteiger partial charge >= 0.3 is 6.18 Å². The smallest absolute Gasteiger partial charge is 0.416 e. The van der Waals surface area contributed by atoms with Crippen LogP contribution in [0.15, 0.2) is 48.5 Å². The maximum Gasteiger partial charge on any atom is 0.416 e. The van der Waals surface area contributed by atoms with E-state index in [1.165, 1.54) is 12.1 Å². The highest BCUT2D eigenvalue weighted by molar-refractivity contribution is 5.93. The van der Waals surface area contributed by atoms with E-state index in [0.717, 1.165) is 12.1 Å². The Morgan fingerprint density at radius 1 is 1.04 bits per heavy atom. The van der Waals surface area contributed by atoms with Crippen molar-refractivity contribution in [1.82, 2.24) is 0 Å². The summed E-state index contributed by atoms with van der Waals surface area (Å²) in [5, 5.41) is 5.33. The summed E-state index contributed by atoms with van der Waals surface area (Å²) in [7, 11) is 0. The van der Waals surface area contributed by atoms with Crippen LogP contribution in [0.5, 0.6) is 5.75 Å². The van der Waals surface area contributed by atoms with Crippen molar-refractivity contribution >= 4 is 17.3 Å². The number of alkyl halides is 3. The summed E-state index contributed by atoms with van der Waals surface area (Å²) in [5.41, 5.74) is 0.00820. The molecule has 0 aliphatic carbocycles. The lowest BCUT2D eigenvalue weighted by Gasteiger charge is -2.11. The molecule has 0 heterocycles.